The molecule has 0 aliphatic heterocycles. The molecule has 0 saturated heterocycles. The van der Waals surface area contributed by atoms with Gasteiger partial charge in [-0.3, -0.25) is 0 Å². The minimum absolute atomic E-state index is 1.16. The summed E-state index contributed by atoms with van der Waals surface area (Å²) in [5, 5.41) is 0. The SMILES string of the molecule is CCC.Cc1ncsc1C. The molecular weight excluding hydrogens is 142 g/mol. The molecule has 10 heavy (non-hydrogen) atoms. The fourth-order valence-corrected chi connectivity index (χ4v) is 0.953. The Hall–Kier alpha value is -0.370. The van der Waals surface area contributed by atoms with Gasteiger partial charge in [-0.2, -0.15) is 0 Å². The molecule has 0 aromatic carbocycles. The van der Waals surface area contributed by atoms with E-state index in [0.29, 0.717) is 0 Å². The van der Waals surface area contributed by atoms with Gasteiger partial charge in [0.25, 0.3) is 0 Å². The van der Waals surface area contributed by atoms with Gasteiger partial charge in [-0.25, -0.2) is 4.98 Å². The third-order valence-electron chi connectivity index (χ3n) is 0.985. The maximum absolute atomic E-state index is 4.03. The van der Waals surface area contributed by atoms with Crippen LogP contribution in [-0.4, -0.2) is 4.98 Å². The van der Waals surface area contributed by atoms with Gasteiger partial charge in [-0.1, -0.05) is 20.3 Å². The highest BCUT2D eigenvalue weighted by Crippen LogP contribution is 2.07. The maximum Gasteiger partial charge on any atom is 0.0797 e. The highest BCUT2D eigenvalue weighted by molar-refractivity contribution is 7.09. The predicted octanol–water partition coefficient (Wildman–Crippen LogP) is 3.18. The van der Waals surface area contributed by atoms with E-state index in [2.05, 4.69) is 25.8 Å². The lowest BCUT2D eigenvalue weighted by Gasteiger charge is -1.77. The molecule has 1 nitrogen and oxygen atoms in total. The maximum atomic E-state index is 4.03. The monoisotopic (exact) mass is 157 g/mol. The molecule has 0 bridgehead atoms. The summed E-state index contributed by atoms with van der Waals surface area (Å²) in [6.45, 7) is 8.35. The number of thiazole rings is 1. The van der Waals surface area contributed by atoms with Crippen molar-refractivity contribution in [1.82, 2.24) is 4.98 Å². The van der Waals surface area contributed by atoms with E-state index in [0.717, 1.165) is 5.69 Å². The zero-order valence-electron chi connectivity index (χ0n) is 7.14. The summed E-state index contributed by atoms with van der Waals surface area (Å²) in [6.07, 6.45) is 1.25. The molecule has 1 heterocycles. The lowest BCUT2D eigenvalue weighted by Crippen LogP contribution is -1.68. The van der Waals surface area contributed by atoms with Crippen molar-refractivity contribution >= 4 is 11.3 Å². The number of rotatable bonds is 0. The van der Waals surface area contributed by atoms with Gasteiger partial charge >= 0.3 is 0 Å². The van der Waals surface area contributed by atoms with Gasteiger partial charge in [0.1, 0.15) is 0 Å². The van der Waals surface area contributed by atoms with Crippen molar-refractivity contribution in [2.75, 3.05) is 0 Å². The number of hydrogen-bond acceptors (Lipinski definition) is 2. The third-order valence-corrected chi connectivity index (χ3v) is 1.85. The van der Waals surface area contributed by atoms with Crippen LogP contribution in [0.5, 0.6) is 0 Å². The first-order chi connectivity index (χ1) is 4.72. The summed E-state index contributed by atoms with van der Waals surface area (Å²) in [6, 6.07) is 0. The second kappa shape index (κ2) is 5.42. The summed E-state index contributed by atoms with van der Waals surface area (Å²) in [4.78, 5) is 5.35. The van der Waals surface area contributed by atoms with Gasteiger partial charge in [0.15, 0.2) is 0 Å². The molecule has 0 radical (unpaired) electrons. The van der Waals surface area contributed by atoms with Crippen molar-refractivity contribution in [3.05, 3.63) is 16.1 Å². The van der Waals surface area contributed by atoms with Crippen molar-refractivity contribution in [2.24, 2.45) is 0 Å². The average molecular weight is 157 g/mol. The van der Waals surface area contributed by atoms with E-state index in [1.165, 1.54) is 11.3 Å². The molecule has 0 spiro atoms. The van der Waals surface area contributed by atoms with Crippen molar-refractivity contribution < 1.29 is 0 Å². The van der Waals surface area contributed by atoms with Crippen molar-refractivity contribution in [3.8, 4) is 0 Å². The Labute approximate surface area is 67.1 Å². The zero-order valence-corrected chi connectivity index (χ0v) is 7.96. The molecular formula is C8H15NS. The van der Waals surface area contributed by atoms with E-state index in [9.17, 15) is 0 Å². The molecule has 2 heteroatoms. The second-order valence-corrected chi connectivity index (χ2v) is 3.26. The van der Waals surface area contributed by atoms with Crippen molar-refractivity contribution in [3.63, 3.8) is 0 Å². The van der Waals surface area contributed by atoms with E-state index in [1.807, 2.05) is 12.4 Å². The second-order valence-electron chi connectivity index (χ2n) is 2.20. The summed E-state index contributed by atoms with van der Waals surface area (Å²) >= 11 is 1.69. The van der Waals surface area contributed by atoms with Crippen molar-refractivity contribution in [1.29, 1.82) is 0 Å². The Morgan fingerprint density at radius 3 is 2.00 bits per heavy atom. The molecule has 1 rings (SSSR count). The fraction of sp³-hybridized carbons (Fsp3) is 0.625. The summed E-state index contributed by atoms with van der Waals surface area (Å²) < 4.78 is 0. The average Bonchev–Trinajstić information content (AvgIpc) is 2.19. The highest BCUT2D eigenvalue weighted by atomic mass is 32.1. The van der Waals surface area contributed by atoms with Gasteiger partial charge in [0.05, 0.1) is 11.2 Å². The van der Waals surface area contributed by atoms with Crippen LogP contribution in [0.3, 0.4) is 0 Å². The molecule has 0 unspecified atom stereocenters. The van der Waals surface area contributed by atoms with E-state index in [4.69, 9.17) is 0 Å². The van der Waals surface area contributed by atoms with Crippen molar-refractivity contribution in [2.45, 2.75) is 34.1 Å². The van der Waals surface area contributed by atoms with Crippen LogP contribution >= 0.6 is 11.3 Å². The largest absolute Gasteiger partial charge is 0.250 e. The molecule has 1 aromatic heterocycles. The van der Waals surface area contributed by atoms with Gasteiger partial charge in [-0.05, 0) is 13.8 Å². The standard InChI is InChI=1S/C5H7NS.C3H8/c1-4-5(2)7-3-6-4;1-3-2/h3H,1-2H3;3H2,1-2H3. The van der Waals surface area contributed by atoms with Gasteiger partial charge in [0, 0.05) is 4.88 Å². The number of nitrogens with zero attached hydrogens (tertiary/aromatic N) is 1. The first-order valence-electron chi connectivity index (χ1n) is 3.59. The van der Waals surface area contributed by atoms with E-state index < -0.39 is 0 Å². The van der Waals surface area contributed by atoms with Crippen LogP contribution in [0.15, 0.2) is 5.51 Å². The molecule has 0 aliphatic carbocycles. The summed E-state index contributed by atoms with van der Waals surface area (Å²) in [7, 11) is 0. The summed E-state index contributed by atoms with van der Waals surface area (Å²) in [5.41, 5.74) is 3.02. The quantitative estimate of drug-likeness (QED) is 0.563. The first-order valence-corrected chi connectivity index (χ1v) is 4.47. The van der Waals surface area contributed by atoms with Crippen LogP contribution in [-0.2, 0) is 0 Å². The predicted molar refractivity (Wildman–Crippen MR) is 47.6 cm³/mol. The Morgan fingerprint density at radius 2 is 1.90 bits per heavy atom. The lowest BCUT2D eigenvalue weighted by molar-refractivity contribution is 1.09. The first kappa shape index (κ1) is 9.63. The van der Waals surface area contributed by atoms with E-state index >= 15 is 0 Å². The molecule has 0 fully saturated rings. The lowest BCUT2D eigenvalue weighted by atomic mass is 10.4. The molecule has 0 atom stereocenters. The molecule has 0 saturated carbocycles. The van der Waals surface area contributed by atoms with Crippen LogP contribution < -0.4 is 0 Å². The highest BCUT2D eigenvalue weighted by Gasteiger charge is 1.88. The Balaban J connectivity index is 0.000000236. The van der Waals surface area contributed by atoms with Crippen LogP contribution in [0.1, 0.15) is 30.8 Å². The van der Waals surface area contributed by atoms with Crippen LogP contribution in [0.25, 0.3) is 0 Å². The topological polar surface area (TPSA) is 12.9 Å². The van der Waals surface area contributed by atoms with Crippen LogP contribution in [0.2, 0.25) is 0 Å². The molecule has 0 amide bonds. The number of aromatic nitrogens is 1. The third kappa shape index (κ3) is 3.62. The van der Waals surface area contributed by atoms with E-state index in [-0.39, 0.29) is 0 Å². The number of hydrogen-bond donors (Lipinski definition) is 0. The van der Waals surface area contributed by atoms with Gasteiger partial charge < -0.3 is 0 Å². The molecule has 0 N–H and O–H groups in total. The van der Waals surface area contributed by atoms with Crippen LogP contribution in [0.4, 0.5) is 0 Å². The molecule has 0 aliphatic rings. The zero-order chi connectivity index (χ0) is 7.98. The minimum Gasteiger partial charge on any atom is -0.250 e. The smallest absolute Gasteiger partial charge is 0.0797 e. The number of aryl methyl sites for hydroxylation is 2. The molecule has 1 aromatic rings. The molecule has 58 valence electrons. The Morgan fingerprint density at radius 1 is 1.40 bits per heavy atom. The Bertz CT molecular complexity index is 153. The Kier molecular flexibility index (Phi) is 5.22. The van der Waals surface area contributed by atoms with E-state index in [1.54, 1.807) is 11.3 Å². The fourth-order valence-electron chi connectivity index (χ4n) is 0.361. The normalized spacial score (nSPS) is 8.40. The van der Waals surface area contributed by atoms with Crippen LogP contribution in [0, 0.1) is 13.8 Å². The van der Waals surface area contributed by atoms with Gasteiger partial charge in [-0.15, -0.1) is 11.3 Å². The summed E-state index contributed by atoms with van der Waals surface area (Å²) in [5.74, 6) is 0. The minimum atomic E-state index is 1.16. The van der Waals surface area contributed by atoms with Gasteiger partial charge in [0.2, 0.25) is 0 Å².